The van der Waals surface area contributed by atoms with Gasteiger partial charge in [0.2, 0.25) is 0 Å². The molecule has 8 heteroatoms. The van der Waals surface area contributed by atoms with E-state index < -0.39 is 30.4 Å². The molecule has 2 amide bonds. The van der Waals surface area contributed by atoms with Gasteiger partial charge in [-0.05, 0) is 7.05 Å². The molecule has 1 fully saturated rings. The average Bonchev–Trinajstić information content (AvgIpc) is 2.28. The Bertz CT molecular complexity index is 338. The topological polar surface area (TPSA) is 110 Å². The predicted molar refractivity (Wildman–Crippen MR) is 61.3 cm³/mol. The Labute approximate surface area is 104 Å². The van der Waals surface area contributed by atoms with Crippen molar-refractivity contribution in [3.05, 3.63) is 0 Å². The number of carboxylic acid groups (broad SMARTS) is 2. The number of hydrogen-bond acceptors (Lipinski definition) is 4. The third-order valence-electron chi connectivity index (χ3n) is 2.77. The fourth-order valence-corrected chi connectivity index (χ4v) is 1.62. The summed E-state index contributed by atoms with van der Waals surface area (Å²) in [6.07, 6.45) is -0.630. The monoisotopic (exact) mass is 259 g/mol. The van der Waals surface area contributed by atoms with Gasteiger partial charge in [-0.15, -0.1) is 0 Å². The van der Waals surface area contributed by atoms with Gasteiger partial charge in [-0.2, -0.15) is 0 Å². The van der Waals surface area contributed by atoms with E-state index in [4.69, 9.17) is 10.2 Å². The molecule has 1 aliphatic rings. The maximum absolute atomic E-state index is 11.7. The molecule has 8 nitrogen and oxygen atoms in total. The van der Waals surface area contributed by atoms with Gasteiger partial charge in [0.15, 0.2) is 0 Å². The zero-order valence-corrected chi connectivity index (χ0v) is 10.1. The Morgan fingerprint density at radius 1 is 1.17 bits per heavy atom. The van der Waals surface area contributed by atoms with Crippen LogP contribution in [0.25, 0.3) is 0 Å². The molecule has 0 aromatic carbocycles. The van der Waals surface area contributed by atoms with Crippen molar-refractivity contribution in [2.45, 2.75) is 12.5 Å². The normalized spacial score (nSPS) is 18.2. The molecule has 0 bridgehead atoms. The standard InChI is InChI=1S/C10H17N3O5/c1-12-2-4-13(5-3-12)10(18)11-7(9(16)17)6-8(14)15/h7H,2-6H2,1H3,(H,11,18)(H,14,15)(H,16,17)/t7-/m1/s1. The summed E-state index contributed by atoms with van der Waals surface area (Å²) in [5.74, 6) is -2.61. The number of hydrogen-bond donors (Lipinski definition) is 3. The summed E-state index contributed by atoms with van der Waals surface area (Å²) in [6.45, 7) is 2.43. The van der Waals surface area contributed by atoms with E-state index in [1.807, 2.05) is 7.05 Å². The Hall–Kier alpha value is -1.83. The molecule has 1 aliphatic heterocycles. The van der Waals surface area contributed by atoms with Crippen molar-refractivity contribution in [2.24, 2.45) is 0 Å². The number of carbonyl (C=O) groups is 3. The summed E-state index contributed by atoms with van der Waals surface area (Å²) in [5.41, 5.74) is 0. The lowest BCUT2D eigenvalue weighted by Crippen LogP contribution is -2.54. The first kappa shape index (κ1) is 14.2. The maximum Gasteiger partial charge on any atom is 0.326 e. The molecule has 1 rings (SSSR count). The zero-order chi connectivity index (χ0) is 13.7. The van der Waals surface area contributed by atoms with Gasteiger partial charge in [0, 0.05) is 26.2 Å². The minimum Gasteiger partial charge on any atom is -0.481 e. The van der Waals surface area contributed by atoms with E-state index in [1.54, 1.807) is 0 Å². The van der Waals surface area contributed by atoms with Gasteiger partial charge in [-0.3, -0.25) is 4.79 Å². The smallest absolute Gasteiger partial charge is 0.326 e. The average molecular weight is 259 g/mol. The summed E-state index contributed by atoms with van der Waals surface area (Å²) in [4.78, 5) is 36.6. The quantitative estimate of drug-likeness (QED) is 0.589. The van der Waals surface area contributed by atoms with Crippen molar-refractivity contribution in [1.82, 2.24) is 15.1 Å². The number of urea groups is 1. The Kier molecular flexibility index (Phi) is 4.90. The van der Waals surface area contributed by atoms with Crippen molar-refractivity contribution >= 4 is 18.0 Å². The first-order valence-electron chi connectivity index (χ1n) is 5.58. The van der Waals surface area contributed by atoms with Crippen LogP contribution in [-0.2, 0) is 9.59 Å². The number of rotatable bonds is 4. The lowest BCUT2D eigenvalue weighted by Gasteiger charge is -2.33. The fourth-order valence-electron chi connectivity index (χ4n) is 1.62. The Balaban J connectivity index is 2.50. The van der Waals surface area contributed by atoms with Crippen LogP contribution in [0.5, 0.6) is 0 Å². The number of piperazine rings is 1. The SMILES string of the molecule is CN1CCN(C(=O)N[C@H](CC(=O)O)C(=O)O)CC1. The van der Waals surface area contributed by atoms with Gasteiger partial charge >= 0.3 is 18.0 Å². The van der Waals surface area contributed by atoms with Gasteiger partial charge in [0.05, 0.1) is 6.42 Å². The van der Waals surface area contributed by atoms with Gasteiger partial charge in [-0.25, -0.2) is 9.59 Å². The third kappa shape index (κ3) is 4.21. The predicted octanol–water partition coefficient (Wildman–Crippen LogP) is -1.13. The highest BCUT2D eigenvalue weighted by Gasteiger charge is 2.26. The van der Waals surface area contributed by atoms with Crippen LogP contribution in [0, 0.1) is 0 Å². The second-order valence-corrected chi connectivity index (χ2v) is 4.23. The minimum absolute atomic E-state index is 0.502. The fraction of sp³-hybridized carbons (Fsp3) is 0.700. The van der Waals surface area contributed by atoms with E-state index in [0.29, 0.717) is 26.2 Å². The highest BCUT2D eigenvalue weighted by Crippen LogP contribution is 2.01. The number of nitrogens with zero attached hydrogens (tertiary/aromatic N) is 2. The van der Waals surface area contributed by atoms with E-state index in [9.17, 15) is 14.4 Å². The third-order valence-corrected chi connectivity index (χ3v) is 2.77. The van der Waals surface area contributed by atoms with Gasteiger partial charge in [0.25, 0.3) is 0 Å². The second kappa shape index (κ2) is 6.20. The molecule has 1 atom stereocenters. The van der Waals surface area contributed by atoms with Gasteiger partial charge < -0.3 is 25.3 Å². The minimum atomic E-state index is -1.39. The van der Waals surface area contributed by atoms with E-state index in [0.717, 1.165) is 0 Å². The van der Waals surface area contributed by atoms with Gasteiger partial charge in [0.1, 0.15) is 6.04 Å². The number of carbonyl (C=O) groups excluding carboxylic acids is 1. The van der Waals surface area contributed by atoms with Crippen LogP contribution in [0.3, 0.4) is 0 Å². The molecule has 0 aliphatic carbocycles. The first-order valence-corrected chi connectivity index (χ1v) is 5.58. The van der Waals surface area contributed by atoms with Crippen molar-refractivity contribution < 1.29 is 24.6 Å². The molecule has 0 spiro atoms. The molecule has 0 aromatic rings. The summed E-state index contributed by atoms with van der Waals surface area (Å²) in [5, 5.41) is 19.6. The summed E-state index contributed by atoms with van der Waals surface area (Å²) < 4.78 is 0. The number of nitrogens with one attached hydrogen (secondary N) is 1. The molecule has 0 radical (unpaired) electrons. The molecule has 1 saturated heterocycles. The molecule has 3 N–H and O–H groups in total. The number of likely N-dealkylation sites (N-methyl/N-ethyl adjacent to an activating group) is 1. The second-order valence-electron chi connectivity index (χ2n) is 4.23. The van der Waals surface area contributed by atoms with Crippen LogP contribution >= 0.6 is 0 Å². The largest absolute Gasteiger partial charge is 0.481 e. The molecular formula is C10H17N3O5. The van der Waals surface area contributed by atoms with Crippen molar-refractivity contribution in [3.8, 4) is 0 Å². The molecule has 1 heterocycles. The van der Waals surface area contributed by atoms with E-state index in [-0.39, 0.29) is 0 Å². The highest BCUT2D eigenvalue weighted by molar-refractivity contribution is 5.86. The van der Waals surface area contributed by atoms with E-state index in [1.165, 1.54) is 4.90 Å². The molecule has 0 saturated carbocycles. The highest BCUT2D eigenvalue weighted by atomic mass is 16.4. The molecule has 0 unspecified atom stereocenters. The van der Waals surface area contributed by atoms with E-state index in [2.05, 4.69) is 10.2 Å². The number of aliphatic carboxylic acids is 2. The van der Waals surface area contributed by atoms with Crippen molar-refractivity contribution in [2.75, 3.05) is 33.2 Å². The maximum atomic E-state index is 11.7. The van der Waals surface area contributed by atoms with E-state index >= 15 is 0 Å². The molecule has 18 heavy (non-hydrogen) atoms. The first-order chi connectivity index (χ1) is 8.40. The van der Waals surface area contributed by atoms with Crippen molar-refractivity contribution in [1.29, 1.82) is 0 Å². The number of amides is 2. The van der Waals surface area contributed by atoms with Crippen LogP contribution in [-0.4, -0.2) is 77.3 Å². The zero-order valence-electron chi connectivity index (χ0n) is 10.1. The number of carboxylic acids is 2. The molecule has 0 aromatic heterocycles. The van der Waals surface area contributed by atoms with Crippen LogP contribution in [0.1, 0.15) is 6.42 Å². The van der Waals surface area contributed by atoms with Gasteiger partial charge in [-0.1, -0.05) is 0 Å². The summed E-state index contributed by atoms with van der Waals surface area (Å²) in [6, 6.07) is -1.92. The van der Waals surface area contributed by atoms with Crippen LogP contribution < -0.4 is 5.32 Å². The van der Waals surface area contributed by atoms with Crippen molar-refractivity contribution in [3.63, 3.8) is 0 Å². The lowest BCUT2D eigenvalue weighted by atomic mass is 10.2. The van der Waals surface area contributed by atoms with Crippen LogP contribution in [0.2, 0.25) is 0 Å². The van der Waals surface area contributed by atoms with Crippen LogP contribution in [0.15, 0.2) is 0 Å². The Morgan fingerprint density at radius 2 is 1.72 bits per heavy atom. The molecular weight excluding hydrogens is 242 g/mol. The Morgan fingerprint density at radius 3 is 2.17 bits per heavy atom. The summed E-state index contributed by atoms with van der Waals surface area (Å²) in [7, 11) is 1.93. The molecule has 102 valence electrons. The lowest BCUT2D eigenvalue weighted by molar-refractivity contribution is -0.145. The summed E-state index contributed by atoms with van der Waals surface area (Å²) >= 11 is 0. The van der Waals surface area contributed by atoms with Crippen LogP contribution in [0.4, 0.5) is 4.79 Å².